The lowest BCUT2D eigenvalue weighted by Crippen LogP contribution is -2.54. The highest BCUT2D eigenvalue weighted by Gasteiger charge is 2.28. The second-order valence-electron chi connectivity index (χ2n) is 5.04. The molecule has 0 aliphatic carbocycles. The molecule has 5 heteroatoms. The highest BCUT2D eigenvalue weighted by Crippen LogP contribution is 2.09. The second kappa shape index (κ2) is 6.93. The molecule has 0 saturated carbocycles. The van der Waals surface area contributed by atoms with Gasteiger partial charge < -0.3 is 14.7 Å². The fraction of sp³-hybridized carbons (Fsp3) is 0.917. The lowest BCUT2D eigenvalue weighted by Gasteiger charge is -2.38. The van der Waals surface area contributed by atoms with E-state index in [1.165, 1.54) is 0 Å². The summed E-state index contributed by atoms with van der Waals surface area (Å²) in [6, 6.07) is -0.499. The van der Waals surface area contributed by atoms with Gasteiger partial charge >= 0.3 is 5.97 Å². The number of ether oxygens (including phenoxy) is 1. The summed E-state index contributed by atoms with van der Waals surface area (Å²) in [7, 11) is 1.55. The highest BCUT2D eigenvalue weighted by atomic mass is 16.5. The van der Waals surface area contributed by atoms with Crippen LogP contribution in [0.1, 0.15) is 13.8 Å². The number of aliphatic carboxylic acids is 1. The molecule has 1 fully saturated rings. The Balaban J connectivity index is 2.41. The van der Waals surface area contributed by atoms with Crippen LogP contribution in [0.3, 0.4) is 0 Å². The van der Waals surface area contributed by atoms with Crippen molar-refractivity contribution >= 4 is 5.97 Å². The summed E-state index contributed by atoms with van der Waals surface area (Å²) in [6.07, 6.45) is 0. The van der Waals surface area contributed by atoms with E-state index in [0.29, 0.717) is 5.92 Å². The summed E-state index contributed by atoms with van der Waals surface area (Å²) >= 11 is 0. The van der Waals surface area contributed by atoms with Crippen molar-refractivity contribution < 1.29 is 14.6 Å². The van der Waals surface area contributed by atoms with Crippen LogP contribution in [0.25, 0.3) is 0 Å². The van der Waals surface area contributed by atoms with Crippen molar-refractivity contribution in [2.75, 3.05) is 46.4 Å². The lowest BCUT2D eigenvalue weighted by atomic mass is 10.1. The molecular formula is C12H24N2O3. The number of methoxy groups -OCH3 is 1. The zero-order valence-corrected chi connectivity index (χ0v) is 11.1. The van der Waals surface area contributed by atoms with Crippen molar-refractivity contribution in [3.8, 4) is 0 Å². The molecule has 0 radical (unpaired) electrons. The van der Waals surface area contributed by atoms with Crippen molar-refractivity contribution in [2.45, 2.75) is 19.9 Å². The predicted octanol–water partition coefficient (Wildman–Crippen LogP) is 0.360. The molecule has 1 N–H and O–H groups in total. The fourth-order valence-corrected chi connectivity index (χ4v) is 2.26. The van der Waals surface area contributed by atoms with Crippen molar-refractivity contribution in [2.24, 2.45) is 5.92 Å². The zero-order valence-electron chi connectivity index (χ0n) is 11.1. The average Bonchev–Trinajstić information content (AvgIpc) is 2.26. The van der Waals surface area contributed by atoms with Crippen LogP contribution in [0, 0.1) is 5.92 Å². The van der Waals surface area contributed by atoms with Crippen LogP contribution in [0.4, 0.5) is 0 Å². The first-order chi connectivity index (χ1) is 8.04. The maximum atomic E-state index is 11.1. The van der Waals surface area contributed by atoms with Crippen molar-refractivity contribution in [3.05, 3.63) is 0 Å². The third kappa shape index (κ3) is 4.61. The minimum atomic E-state index is -0.788. The monoisotopic (exact) mass is 244 g/mol. The first kappa shape index (κ1) is 14.4. The second-order valence-corrected chi connectivity index (χ2v) is 5.04. The summed E-state index contributed by atoms with van der Waals surface area (Å²) in [5.41, 5.74) is 0. The Morgan fingerprint density at radius 2 is 1.88 bits per heavy atom. The average molecular weight is 244 g/mol. The van der Waals surface area contributed by atoms with Crippen LogP contribution in [-0.4, -0.2) is 73.4 Å². The highest BCUT2D eigenvalue weighted by molar-refractivity contribution is 5.73. The SMILES string of the molecule is COCC(C(=O)O)N1CCN(CC(C)C)CC1. The molecule has 1 saturated heterocycles. The topological polar surface area (TPSA) is 53.0 Å². The van der Waals surface area contributed by atoms with Crippen molar-refractivity contribution in [1.82, 2.24) is 9.80 Å². The van der Waals surface area contributed by atoms with E-state index in [4.69, 9.17) is 9.84 Å². The van der Waals surface area contributed by atoms with Crippen molar-refractivity contribution in [3.63, 3.8) is 0 Å². The molecule has 0 spiro atoms. The van der Waals surface area contributed by atoms with E-state index in [0.717, 1.165) is 32.7 Å². The minimum Gasteiger partial charge on any atom is -0.480 e. The zero-order chi connectivity index (χ0) is 12.8. The number of hydrogen-bond donors (Lipinski definition) is 1. The Kier molecular flexibility index (Phi) is 5.88. The minimum absolute atomic E-state index is 0.263. The summed E-state index contributed by atoms with van der Waals surface area (Å²) in [4.78, 5) is 15.5. The molecule has 1 unspecified atom stereocenters. The summed E-state index contributed by atoms with van der Waals surface area (Å²) in [5, 5.41) is 9.13. The van der Waals surface area contributed by atoms with E-state index in [-0.39, 0.29) is 6.61 Å². The summed E-state index contributed by atoms with van der Waals surface area (Å²) < 4.78 is 4.97. The molecule has 17 heavy (non-hydrogen) atoms. The van der Waals surface area contributed by atoms with Crippen LogP contribution in [0.15, 0.2) is 0 Å². The van der Waals surface area contributed by atoms with Gasteiger partial charge in [-0.15, -0.1) is 0 Å². The first-order valence-electron chi connectivity index (χ1n) is 6.22. The van der Waals surface area contributed by atoms with Gasteiger partial charge in [0.2, 0.25) is 0 Å². The molecular weight excluding hydrogens is 220 g/mol. The maximum absolute atomic E-state index is 11.1. The van der Waals surface area contributed by atoms with Crippen molar-refractivity contribution in [1.29, 1.82) is 0 Å². The standard InChI is InChI=1S/C12H24N2O3/c1-10(2)8-13-4-6-14(7-5-13)11(9-17-3)12(15)16/h10-11H,4-9H2,1-3H3,(H,15,16). The lowest BCUT2D eigenvalue weighted by molar-refractivity contribution is -0.146. The molecule has 1 heterocycles. The van der Waals surface area contributed by atoms with E-state index >= 15 is 0 Å². The van der Waals surface area contributed by atoms with Gasteiger partial charge in [-0.25, -0.2) is 0 Å². The molecule has 1 aliphatic rings. The molecule has 0 aromatic carbocycles. The van der Waals surface area contributed by atoms with Gasteiger partial charge in [-0.3, -0.25) is 9.69 Å². The quantitative estimate of drug-likeness (QED) is 0.731. The van der Waals surface area contributed by atoms with Crippen LogP contribution in [0.2, 0.25) is 0 Å². The van der Waals surface area contributed by atoms with Crippen LogP contribution in [0.5, 0.6) is 0 Å². The van der Waals surface area contributed by atoms with E-state index < -0.39 is 12.0 Å². The third-order valence-electron chi connectivity index (χ3n) is 3.08. The van der Waals surface area contributed by atoms with E-state index in [2.05, 4.69) is 18.7 Å². The molecule has 0 bridgehead atoms. The van der Waals surface area contributed by atoms with Crippen LogP contribution >= 0.6 is 0 Å². The van der Waals surface area contributed by atoms with Gasteiger partial charge in [0, 0.05) is 39.8 Å². The first-order valence-corrected chi connectivity index (χ1v) is 6.22. The van der Waals surface area contributed by atoms with Crippen LogP contribution in [-0.2, 0) is 9.53 Å². The molecule has 1 atom stereocenters. The molecule has 0 aromatic heterocycles. The number of carbonyl (C=O) groups is 1. The van der Waals surface area contributed by atoms with Crippen LogP contribution < -0.4 is 0 Å². The van der Waals surface area contributed by atoms with E-state index in [1.54, 1.807) is 7.11 Å². The number of nitrogens with zero attached hydrogens (tertiary/aromatic N) is 2. The molecule has 1 aliphatic heterocycles. The fourth-order valence-electron chi connectivity index (χ4n) is 2.26. The molecule has 100 valence electrons. The molecule has 5 nitrogen and oxygen atoms in total. The summed E-state index contributed by atoms with van der Waals surface area (Å²) in [5.74, 6) is -0.125. The third-order valence-corrected chi connectivity index (χ3v) is 3.08. The van der Waals surface area contributed by atoms with Gasteiger partial charge in [-0.05, 0) is 5.92 Å². The van der Waals surface area contributed by atoms with Gasteiger partial charge in [0.1, 0.15) is 6.04 Å². The molecule has 0 aromatic rings. The van der Waals surface area contributed by atoms with Gasteiger partial charge in [-0.2, -0.15) is 0 Å². The van der Waals surface area contributed by atoms with Gasteiger partial charge in [0.05, 0.1) is 6.61 Å². The molecule has 1 rings (SSSR count). The smallest absolute Gasteiger partial charge is 0.323 e. The number of rotatable bonds is 6. The number of piperazine rings is 1. The van der Waals surface area contributed by atoms with Gasteiger partial charge in [0.15, 0.2) is 0 Å². The normalized spacial score (nSPS) is 20.7. The number of carboxylic acids is 1. The predicted molar refractivity (Wildman–Crippen MR) is 66.2 cm³/mol. The Morgan fingerprint density at radius 3 is 2.29 bits per heavy atom. The van der Waals surface area contributed by atoms with Gasteiger partial charge in [0.25, 0.3) is 0 Å². The number of hydrogen-bond acceptors (Lipinski definition) is 4. The number of carboxylic acid groups (broad SMARTS) is 1. The Morgan fingerprint density at radius 1 is 1.29 bits per heavy atom. The Bertz CT molecular complexity index is 238. The largest absolute Gasteiger partial charge is 0.480 e. The maximum Gasteiger partial charge on any atom is 0.323 e. The van der Waals surface area contributed by atoms with E-state index in [9.17, 15) is 4.79 Å². The Hall–Kier alpha value is -0.650. The molecule has 0 amide bonds. The Labute approximate surface area is 103 Å². The van der Waals surface area contributed by atoms with Gasteiger partial charge in [-0.1, -0.05) is 13.8 Å². The summed E-state index contributed by atoms with van der Waals surface area (Å²) in [6.45, 7) is 9.29. The van der Waals surface area contributed by atoms with E-state index in [1.807, 2.05) is 4.90 Å².